The molecule has 1 fully saturated rings. The van der Waals surface area contributed by atoms with Crippen LogP contribution in [0.5, 0.6) is 0 Å². The number of nitrogens with zero attached hydrogens (tertiary/aromatic N) is 2. The van der Waals surface area contributed by atoms with Crippen molar-refractivity contribution in [3.05, 3.63) is 47.5 Å². The van der Waals surface area contributed by atoms with Crippen molar-refractivity contribution in [3.63, 3.8) is 0 Å². The standard InChI is InChI=1S/C27H37N3O4/c1-6-22(24(32)28-27(3,4)5)30(17-19-12-8-7-11-18(19)2)23(31)15-16-29-25(33)20-13-9-10-14-21(20)26(29)34/h7-12,20-22H,6,13-17H2,1-5H3,(H,28,32)/t20-,21+,22-/m1/s1. The van der Waals surface area contributed by atoms with Crippen LogP contribution in [-0.4, -0.2) is 51.6 Å². The third-order valence-corrected chi connectivity index (χ3v) is 6.63. The second-order valence-corrected chi connectivity index (χ2v) is 10.3. The first-order chi connectivity index (χ1) is 16.0. The van der Waals surface area contributed by atoms with Gasteiger partial charge in [-0.15, -0.1) is 0 Å². The van der Waals surface area contributed by atoms with Crippen molar-refractivity contribution in [1.29, 1.82) is 0 Å². The molecule has 1 saturated heterocycles. The smallest absolute Gasteiger partial charge is 0.243 e. The fourth-order valence-corrected chi connectivity index (χ4v) is 4.78. The van der Waals surface area contributed by atoms with Crippen LogP contribution >= 0.6 is 0 Å². The van der Waals surface area contributed by atoms with E-state index in [0.717, 1.165) is 11.1 Å². The Hall–Kier alpha value is -2.96. The molecule has 0 unspecified atom stereocenters. The molecule has 184 valence electrons. The molecular weight excluding hydrogens is 430 g/mol. The average molecular weight is 468 g/mol. The Bertz CT molecular complexity index is 952. The van der Waals surface area contributed by atoms with E-state index in [1.807, 2.05) is 71.0 Å². The lowest BCUT2D eigenvalue weighted by Crippen LogP contribution is -2.53. The summed E-state index contributed by atoms with van der Waals surface area (Å²) in [4.78, 5) is 55.1. The molecular formula is C27H37N3O4. The van der Waals surface area contributed by atoms with E-state index < -0.39 is 11.6 Å². The summed E-state index contributed by atoms with van der Waals surface area (Å²) in [5.41, 5.74) is 1.57. The average Bonchev–Trinajstić information content (AvgIpc) is 3.02. The number of likely N-dealkylation sites (tertiary alicyclic amines) is 1. The SMILES string of the molecule is CC[C@H](C(=O)NC(C)(C)C)N(Cc1ccccc1C)C(=O)CCN1C(=O)[C@H]2CC=CC[C@H]2C1=O. The maximum absolute atomic E-state index is 13.5. The molecule has 1 aliphatic carbocycles. The summed E-state index contributed by atoms with van der Waals surface area (Å²) >= 11 is 0. The topological polar surface area (TPSA) is 86.8 Å². The van der Waals surface area contributed by atoms with Crippen LogP contribution in [0.4, 0.5) is 0 Å². The summed E-state index contributed by atoms with van der Waals surface area (Å²) < 4.78 is 0. The number of fused-ring (bicyclic) bond motifs is 1. The van der Waals surface area contributed by atoms with Gasteiger partial charge >= 0.3 is 0 Å². The lowest BCUT2D eigenvalue weighted by atomic mass is 9.85. The van der Waals surface area contributed by atoms with Gasteiger partial charge in [0, 0.05) is 25.0 Å². The second kappa shape index (κ2) is 10.5. The van der Waals surface area contributed by atoms with E-state index in [-0.39, 0.29) is 48.4 Å². The van der Waals surface area contributed by atoms with E-state index in [9.17, 15) is 19.2 Å². The number of nitrogens with one attached hydrogen (secondary N) is 1. The summed E-state index contributed by atoms with van der Waals surface area (Å²) in [6, 6.07) is 7.13. The van der Waals surface area contributed by atoms with Crippen LogP contribution < -0.4 is 5.32 Å². The van der Waals surface area contributed by atoms with Gasteiger partial charge in [0.1, 0.15) is 6.04 Å². The summed E-state index contributed by atoms with van der Waals surface area (Å²) in [5.74, 6) is -1.44. The summed E-state index contributed by atoms with van der Waals surface area (Å²) in [6.07, 6.45) is 5.50. The monoisotopic (exact) mass is 467 g/mol. The van der Waals surface area contributed by atoms with Gasteiger partial charge in [-0.25, -0.2) is 0 Å². The van der Waals surface area contributed by atoms with Gasteiger partial charge in [-0.05, 0) is 58.1 Å². The number of rotatable bonds is 8. The minimum Gasteiger partial charge on any atom is -0.350 e. The first-order valence-corrected chi connectivity index (χ1v) is 12.2. The van der Waals surface area contributed by atoms with Crippen molar-refractivity contribution in [2.24, 2.45) is 11.8 Å². The van der Waals surface area contributed by atoms with Crippen molar-refractivity contribution in [1.82, 2.24) is 15.1 Å². The Morgan fingerprint density at radius 3 is 2.21 bits per heavy atom. The van der Waals surface area contributed by atoms with Crippen LogP contribution in [0.3, 0.4) is 0 Å². The molecule has 7 heteroatoms. The van der Waals surface area contributed by atoms with E-state index in [1.54, 1.807) is 4.90 Å². The number of amides is 4. The number of hydrogen-bond donors (Lipinski definition) is 1. The van der Waals surface area contributed by atoms with Crippen molar-refractivity contribution < 1.29 is 19.2 Å². The minimum absolute atomic E-state index is 0.00444. The Morgan fingerprint density at radius 1 is 1.09 bits per heavy atom. The number of aryl methyl sites for hydroxylation is 1. The van der Waals surface area contributed by atoms with Crippen molar-refractivity contribution in [3.8, 4) is 0 Å². The molecule has 34 heavy (non-hydrogen) atoms. The predicted octanol–water partition coefficient (Wildman–Crippen LogP) is 3.36. The Labute approximate surface area is 202 Å². The van der Waals surface area contributed by atoms with Crippen LogP contribution in [0.1, 0.15) is 64.5 Å². The number of carbonyl (C=O) groups excluding carboxylic acids is 4. The normalized spacial score (nSPS) is 20.8. The molecule has 1 aromatic rings. The molecule has 0 spiro atoms. The van der Waals surface area contributed by atoms with Crippen LogP contribution in [-0.2, 0) is 25.7 Å². The highest BCUT2D eigenvalue weighted by atomic mass is 16.2. The van der Waals surface area contributed by atoms with Gasteiger partial charge < -0.3 is 10.2 Å². The van der Waals surface area contributed by atoms with Gasteiger partial charge in [0.25, 0.3) is 0 Å². The van der Waals surface area contributed by atoms with E-state index >= 15 is 0 Å². The Morgan fingerprint density at radius 2 is 1.68 bits per heavy atom. The summed E-state index contributed by atoms with van der Waals surface area (Å²) in [5, 5.41) is 2.99. The summed E-state index contributed by atoms with van der Waals surface area (Å²) in [7, 11) is 0. The van der Waals surface area contributed by atoms with E-state index in [0.29, 0.717) is 25.8 Å². The van der Waals surface area contributed by atoms with E-state index in [4.69, 9.17) is 0 Å². The van der Waals surface area contributed by atoms with Crippen LogP contribution in [0.25, 0.3) is 0 Å². The van der Waals surface area contributed by atoms with Crippen LogP contribution in [0, 0.1) is 18.8 Å². The van der Waals surface area contributed by atoms with Crippen molar-refractivity contribution in [2.75, 3.05) is 6.54 Å². The molecule has 4 amide bonds. The zero-order chi connectivity index (χ0) is 25.0. The Balaban J connectivity index is 1.78. The molecule has 1 aromatic carbocycles. The van der Waals surface area contributed by atoms with Gasteiger partial charge in [-0.3, -0.25) is 24.1 Å². The highest BCUT2D eigenvalue weighted by Crippen LogP contribution is 2.35. The highest BCUT2D eigenvalue weighted by molar-refractivity contribution is 6.05. The van der Waals surface area contributed by atoms with Gasteiger partial charge in [-0.2, -0.15) is 0 Å². The maximum atomic E-state index is 13.5. The van der Waals surface area contributed by atoms with E-state index in [2.05, 4.69) is 5.32 Å². The van der Waals surface area contributed by atoms with Crippen LogP contribution in [0.15, 0.2) is 36.4 Å². The van der Waals surface area contributed by atoms with Crippen LogP contribution in [0.2, 0.25) is 0 Å². The molecule has 3 rings (SSSR count). The molecule has 1 N–H and O–H groups in total. The minimum atomic E-state index is -0.650. The number of imide groups is 1. The predicted molar refractivity (Wildman–Crippen MR) is 130 cm³/mol. The lowest BCUT2D eigenvalue weighted by molar-refractivity contribution is -0.144. The summed E-state index contributed by atoms with van der Waals surface area (Å²) in [6.45, 7) is 9.92. The number of carbonyl (C=O) groups is 4. The first-order valence-electron chi connectivity index (χ1n) is 12.2. The highest BCUT2D eigenvalue weighted by Gasteiger charge is 2.47. The lowest BCUT2D eigenvalue weighted by Gasteiger charge is -2.33. The number of benzene rings is 1. The fourth-order valence-electron chi connectivity index (χ4n) is 4.78. The zero-order valence-electron chi connectivity index (χ0n) is 21.0. The molecule has 1 heterocycles. The third kappa shape index (κ3) is 5.75. The first kappa shape index (κ1) is 25.7. The molecule has 2 aliphatic rings. The van der Waals surface area contributed by atoms with Gasteiger partial charge in [-0.1, -0.05) is 43.3 Å². The molecule has 0 radical (unpaired) electrons. The van der Waals surface area contributed by atoms with Crippen molar-refractivity contribution >= 4 is 23.6 Å². The molecule has 7 nitrogen and oxygen atoms in total. The fraction of sp³-hybridized carbons (Fsp3) is 0.556. The second-order valence-electron chi connectivity index (χ2n) is 10.3. The zero-order valence-corrected chi connectivity index (χ0v) is 21.0. The molecule has 0 saturated carbocycles. The van der Waals surface area contributed by atoms with E-state index in [1.165, 1.54) is 4.90 Å². The quantitative estimate of drug-likeness (QED) is 0.469. The molecule has 3 atom stereocenters. The number of allylic oxidation sites excluding steroid dienone is 2. The van der Waals surface area contributed by atoms with Crippen molar-refractivity contribution in [2.45, 2.75) is 78.4 Å². The largest absolute Gasteiger partial charge is 0.350 e. The Kier molecular flexibility index (Phi) is 7.95. The van der Waals surface area contributed by atoms with Gasteiger partial charge in [0.15, 0.2) is 0 Å². The molecule has 0 aromatic heterocycles. The molecule has 1 aliphatic heterocycles. The van der Waals surface area contributed by atoms with Gasteiger partial charge in [0.2, 0.25) is 23.6 Å². The third-order valence-electron chi connectivity index (χ3n) is 6.63. The maximum Gasteiger partial charge on any atom is 0.243 e. The molecule has 0 bridgehead atoms. The number of hydrogen-bond acceptors (Lipinski definition) is 4. The van der Waals surface area contributed by atoms with Gasteiger partial charge in [0.05, 0.1) is 11.8 Å².